The number of benzene rings is 1. The maximum atomic E-state index is 12.4. The predicted octanol–water partition coefficient (Wildman–Crippen LogP) is 2.70. The number of carboxylic acid groups (broad SMARTS) is 1. The Morgan fingerprint density at radius 3 is 2.83 bits per heavy atom. The molecule has 0 heterocycles. The molecule has 0 aliphatic heterocycles. The van der Waals surface area contributed by atoms with Gasteiger partial charge in [-0.15, -0.1) is 0 Å². The molecule has 0 aromatic heterocycles. The molecule has 0 radical (unpaired) electrons. The summed E-state index contributed by atoms with van der Waals surface area (Å²) in [5.41, 5.74) is 0.503. The van der Waals surface area contributed by atoms with E-state index < -0.39 is 12.6 Å². The number of aliphatic carboxylic acids is 1. The summed E-state index contributed by atoms with van der Waals surface area (Å²) in [5, 5.41) is 11.7. The van der Waals surface area contributed by atoms with Crippen molar-refractivity contribution in [3.63, 3.8) is 0 Å². The molecule has 2 fully saturated rings. The van der Waals surface area contributed by atoms with Crippen LogP contribution in [0.25, 0.3) is 0 Å². The topological polar surface area (TPSA) is 75.6 Å². The van der Waals surface area contributed by atoms with Crippen LogP contribution < -0.4 is 10.1 Å². The molecule has 1 aromatic carbocycles. The molecule has 2 N–H and O–H groups in total. The number of hydrogen-bond donors (Lipinski definition) is 2. The van der Waals surface area contributed by atoms with E-state index in [1.807, 2.05) is 0 Å². The quantitative estimate of drug-likeness (QED) is 0.846. The van der Waals surface area contributed by atoms with Gasteiger partial charge < -0.3 is 15.2 Å². The molecular formula is C18H23NO4. The molecule has 2 bridgehead atoms. The van der Waals surface area contributed by atoms with Gasteiger partial charge in [0, 0.05) is 11.6 Å². The molecule has 5 heteroatoms. The van der Waals surface area contributed by atoms with Gasteiger partial charge in [-0.2, -0.15) is 0 Å². The van der Waals surface area contributed by atoms with E-state index in [1.54, 1.807) is 24.3 Å². The highest BCUT2D eigenvalue weighted by atomic mass is 16.5. The Morgan fingerprint density at radius 2 is 2.17 bits per heavy atom. The Kier molecular flexibility index (Phi) is 4.55. The van der Waals surface area contributed by atoms with Crippen molar-refractivity contribution in [3.05, 3.63) is 29.8 Å². The van der Waals surface area contributed by atoms with Crippen LogP contribution >= 0.6 is 0 Å². The van der Waals surface area contributed by atoms with E-state index in [-0.39, 0.29) is 11.9 Å². The van der Waals surface area contributed by atoms with E-state index in [2.05, 4.69) is 12.2 Å². The fourth-order valence-corrected chi connectivity index (χ4v) is 4.18. The van der Waals surface area contributed by atoms with Crippen LogP contribution in [0.4, 0.5) is 0 Å². The molecule has 5 nitrogen and oxygen atoms in total. The summed E-state index contributed by atoms with van der Waals surface area (Å²) in [6, 6.07) is 6.83. The van der Waals surface area contributed by atoms with Gasteiger partial charge in [-0.25, -0.2) is 4.79 Å². The van der Waals surface area contributed by atoms with Gasteiger partial charge in [0.25, 0.3) is 5.91 Å². The van der Waals surface area contributed by atoms with Gasteiger partial charge in [-0.05, 0) is 62.1 Å². The van der Waals surface area contributed by atoms with E-state index in [4.69, 9.17) is 9.84 Å². The number of fused-ring (bicyclic) bond motifs is 2. The minimum atomic E-state index is -1.04. The molecule has 2 aliphatic carbocycles. The summed E-state index contributed by atoms with van der Waals surface area (Å²) in [7, 11) is 0. The largest absolute Gasteiger partial charge is 0.482 e. The average molecular weight is 317 g/mol. The first kappa shape index (κ1) is 15.8. The van der Waals surface area contributed by atoms with Crippen molar-refractivity contribution >= 4 is 11.9 Å². The maximum Gasteiger partial charge on any atom is 0.341 e. The Morgan fingerprint density at radius 1 is 1.35 bits per heavy atom. The average Bonchev–Trinajstić information content (AvgIpc) is 3.16. The highest BCUT2D eigenvalue weighted by Gasteiger charge is 2.42. The van der Waals surface area contributed by atoms with Crippen molar-refractivity contribution in [1.82, 2.24) is 5.32 Å². The van der Waals surface area contributed by atoms with Gasteiger partial charge in [0.05, 0.1) is 0 Å². The van der Waals surface area contributed by atoms with Crippen LogP contribution in [-0.4, -0.2) is 29.6 Å². The van der Waals surface area contributed by atoms with Crippen LogP contribution in [0, 0.1) is 17.8 Å². The first-order valence-corrected chi connectivity index (χ1v) is 8.28. The molecule has 1 amide bonds. The third-order valence-corrected chi connectivity index (χ3v) is 5.25. The molecule has 0 saturated heterocycles. The van der Waals surface area contributed by atoms with E-state index in [1.165, 1.54) is 25.7 Å². The van der Waals surface area contributed by atoms with Gasteiger partial charge in [0.15, 0.2) is 6.61 Å². The first-order valence-electron chi connectivity index (χ1n) is 8.28. The second-order valence-corrected chi connectivity index (χ2v) is 6.81. The van der Waals surface area contributed by atoms with Crippen LogP contribution in [-0.2, 0) is 4.79 Å². The zero-order chi connectivity index (χ0) is 16.4. The summed E-state index contributed by atoms with van der Waals surface area (Å²) in [6.45, 7) is 1.68. The fraction of sp³-hybridized carbons (Fsp3) is 0.556. The number of carbonyl (C=O) groups excluding carboxylic acids is 1. The number of rotatable bonds is 6. The second-order valence-electron chi connectivity index (χ2n) is 6.81. The number of amides is 1. The second kappa shape index (κ2) is 6.60. The molecule has 2 aliphatic rings. The van der Waals surface area contributed by atoms with Gasteiger partial charge in [-0.3, -0.25) is 4.79 Å². The predicted molar refractivity (Wildman–Crippen MR) is 85.4 cm³/mol. The normalized spacial score (nSPS) is 26.7. The minimum Gasteiger partial charge on any atom is -0.482 e. The highest BCUT2D eigenvalue weighted by Crippen LogP contribution is 2.49. The minimum absolute atomic E-state index is 0.124. The summed E-state index contributed by atoms with van der Waals surface area (Å²) in [6.07, 6.45) is 5.20. The zero-order valence-corrected chi connectivity index (χ0v) is 13.3. The smallest absolute Gasteiger partial charge is 0.341 e. The summed E-state index contributed by atoms with van der Waals surface area (Å²) in [5.74, 6) is 1.44. The number of nitrogens with one attached hydrogen (secondary N) is 1. The third-order valence-electron chi connectivity index (χ3n) is 5.25. The Bertz CT molecular complexity index is 600. The van der Waals surface area contributed by atoms with Gasteiger partial charge >= 0.3 is 5.97 Å². The summed E-state index contributed by atoms with van der Waals surface area (Å²) in [4.78, 5) is 23.0. The van der Waals surface area contributed by atoms with Crippen molar-refractivity contribution in [3.8, 4) is 5.75 Å². The van der Waals surface area contributed by atoms with Crippen LogP contribution in [0.2, 0.25) is 0 Å². The molecule has 124 valence electrons. The lowest BCUT2D eigenvalue weighted by atomic mass is 9.84. The Hall–Kier alpha value is -2.04. The Labute approximate surface area is 136 Å². The number of carbonyl (C=O) groups is 2. The maximum absolute atomic E-state index is 12.4. The molecule has 3 rings (SSSR count). The van der Waals surface area contributed by atoms with Crippen molar-refractivity contribution in [2.45, 2.75) is 38.6 Å². The van der Waals surface area contributed by atoms with E-state index in [0.717, 1.165) is 11.8 Å². The first-order chi connectivity index (χ1) is 11.0. The molecule has 4 atom stereocenters. The molecular weight excluding hydrogens is 294 g/mol. The van der Waals surface area contributed by atoms with Gasteiger partial charge in [-0.1, -0.05) is 12.5 Å². The van der Waals surface area contributed by atoms with Crippen molar-refractivity contribution in [2.75, 3.05) is 6.61 Å². The lowest BCUT2D eigenvalue weighted by molar-refractivity contribution is -0.139. The van der Waals surface area contributed by atoms with E-state index >= 15 is 0 Å². The van der Waals surface area contributed by atoms with Crippen molar-refractivity contribution < 1.29 is 19.4 Å². The van der Waals surface area contributed by atoms with Crippen LogP contribution in [0.3, 0.4) is 0 Å². The molecule has 2 saturated carbocycles. The van der Waals surface area contributed by atoms with E-state index in [0.29, 0.717) is 17.2 Å². The highest BCUT2D eigenvalue weighted by molar-refractivity contribution is 5.94. The Balaban J connectivity index is 1.59. The van der Waals surface area contributed by atoms with Gasteiger partial charge in [0.2, 0.25) is 0 Å². The number of ether oxygens (including phenoxy) is 1. The lowest BCUT2D eigenvalue weighted by Gasteiger charge is -2.28. The SMILES string of the molecule is CC(NC(=O)c1cccc(OCC(=O)O)c1)C1CC2CCC1C2. The van der Waals surface area contributed by atoms with Crippen LogP contribution in [0.1, 0.15) is 43.0 Å². The monoisotopic (exact) mass is 317 g/mol. The zero-order valence-electron chi connectivity index (χ0n) is 13.3. The van der Waals surface area contributed by atoms with Crippen molar-refractivity contribution in [1.29, 1.82) is 0 Å². The summed E-state index contributed by atoms with van der Waals surface area (Å²) < 4.78 is 5.12. The molecule has 1 aromatic rings. The molecule has 4 unspecified atom stereocenters. The third kappa shape index (κ3) is 3.66. The van der Waals surface area contributed by atoms with Crippen LogP contribution in [0.15, 0.2) is 24.3 Å². The fourth-order valence-electron chi connectivity index (χ4n) is 4.18. The van der Waals surface area contributed by atoms with E-state index in [9.17, 15) is 9.59 Å². The summed E-state index contributed by atoms with van der Waals surface area (Å²) >= 11 is 0. The van der Waals surface area contributed by atoms with Crippen LogP contribution in [0.5, 0.6) is 5.75 Å². The molecule has 0 spiro atoms. The van der Waals surface area contributed by atoms with Gasteiger partial charge in [0.1, 0.15) is 5.75 Å². The number of carboxylic acids is 1. The standard InChI is InChI=1S/C18H23NO4/c1-11(16-8-12-5-6-13(16)7-12)19-18(22)14-3-2-4-15(9-14)23-10-17(20)21/h2-4,9,11-13,16H,5-8,10H2,1H3,(H,19,22)(H,20,21). The lowest BCUT2D eigenvalue weighted by Crippen LogP contribution is -2.40. The molecule has 23 heavy (non-hydrogen) atoms. The number of hydrogen-bond acceptors (Lipinski definition) is 3. The van der Waals surface area contributed by atoms with Crippen molar-refractivity contribution in [2.24, 2.45) is 17.8 Å².